The molecule has 4 aromatic rings. The van der Waals surface area contributed by atoms with Crippen LogP contribution < -0.4 is 14.8 Å². The third kappa shape index (κ3) is 5.13. The molecule has 1 aliphatic heterocycles. The minimum Gasteiger partial charge on any atom is -0.497 e. The number of hydrogen-bond acceptors (Lipinski definition) is 5. The summed E-state index contributed by atoms with van der Waals surface area (Å²) in [4.78, 5) is 4.49. The zero-order valence-corrected chi connectivity index (χ0v) is 26.0. The topological polar surface area (TPSA) is 52.1 Å². The lowest BCUT2D eigenvalue weighted by molar-refractivity contribution is -0.209. The molecule has 43 heavy (non-hydrogen) atoms. The van der Waals surface area contributed by atoms with Gasteiger partial charge in [-0.1, -0.05) is 70.5 Å². The van der Waals surface area contributed by atoms with Crippen LogP contribution in [0.2, 0.25) is 0 Å². The Bertz CT molecular complexity index is 1580. The Labute approximate surface area is 257 Å². The van der Waals surface area contributed by atoms with Crippen LogP contribution in [0.15, 0.2) is 107 Å². The Balaban J connectivity index is 1.80. The van der Waals surface area contributed by atoms with Gasteiger partial charge in [0.25, 0.3) is 6.02 Å². The molecule has 0 amide bonds. The average Bonchev–Trinajstić information content (AvgIpc) is 3.00. The second-order valence-electron chi connectivity index (χ2n) is 11.0. The molecule has 1 unspecified atom stereocenters. The highest BCUT2D eigenvalue weighted by Gasteiger charge is 2.66. The molecule has 0 aromatic heterocycles. The number of rotatable bonds is 7. The summed E-state index contributed by atoms with van der Waals surface area (Å²) in [5.74, 6) is -3.12. The van der Waals surface area contributed by atoms with Gasteiger partial charge in [-0.2, -0.15) is 8.78 Å². The molecule has 0 fully saturated rings. The summed E-state index contributed by atoms with van der Waals surface area (Å²) in [6.45, 7) is 3.79. The average molecular weight is 654 g/mol. The highest BCUT2D eigenvalue weighted by Crippen LogP contribution is 2.52. The Morgan fingerprint density at radius 2 is 1.28 bits per heavy atom. The van der Waals surface area contributed by atoms with Crippen LogP contribution in [-0.2, 0) is 15.8 Å². The van der Waals surface area contributed by atoms with Crippen LogP contribution in [0.1, 0.15) is 43.0 Å². The molecule has 224 valence electrons. The van der Waals surface area contributed by atoms with Crippen molar-refractivity contribution in [2.24, 2.45) is 4.99 Å². The van der Waals surface area contributed by atoms with Crippen LogP contribution >= 0.6 is 15.9 Å². The van der Waals surface area contributed by atoms with Crippen LogP contribution in [0.3, 0.4) is 0 Å². The van der Waals surface area contributed by atoms with Crippen molar-refractivity contribution in [2.75, 3.05) is 14.2 Å². The minimum atomic E-state index is -3.61. The molecule has 1 aliphatic rings. The van der Waals surface area contributed by atoms with Gasteiger partial charge in [-0.25, -0.2) is 9.38 Å². The Morgan fingerprint density at radius 3 is 1.79 bits per heavy atom. The van der Waals surface area contributed by atoms with Crippen molar-refractivity contribution in [3.8, 4) is 11.5 Å². The molecule has 1 atom stereocenters. The fourth-order valence-electron chi connectivity index (χ4n) is 5.59. The van der Waals surface area contributed by atoms with Crippen molar-refractivity contribution >= 4 is 22.0 Å². The van der Waals surface area contributed by atoms with Crippen LogP contribution in [0.4, 0.5) is 13.2 Å². The van der Waals surface area contributed by atoms with E-state index >= 15 is 13.2 Å². The second-order valence-corrected chi connectivity index (χ2v) is 11.9. The van der Waals surface area contributed by atoms with E-state index in [9.17, 15) is 0 Å². The predicted octanol–water partition coefficient (Wildman–Crippen LogP) is 8.20. The second kappa shape index (κ2) is 11.3. The monoisotopic (exact) mass is 652 g/mol. The maximum atomic E-state index is 16.3. The fourth-order valence-corrected chi connectivity index (χ4v) is 5.95. The molecular weight excluding hydrogens is 621 g/mol. The van der Waals surface area contributed by atoms with Gasteiger partial charge < -0.3 is 19.5 Å². The van der Waals surface area contributed by atoms with Crippen LogP contribution in [-0.4, -0.2) is 31.8 Å². The Kier molecular flexibility index (Phi) is 7.98. The standard InChI is InChI=1S/C34H32BrF3N2O3/c1-31(2)34(37,38)32(3,28-21-25(35)15-20-29(28)36)39-30(43-31)40-33(22-9-7-6-8-10-22,23-11-16-26(41-4)17-12-23)24-13-18-27(42-5)19-14-24/h6-21H,1-5H3,(H,39,40). The van der Waals surface area contributed by atoms with E-state index in [1.54, 1.807) is 14.2 Å². The Hall–Kier alpha value is -3.98. The van der Waals surface area contributed by atoms with Crippen LogP contribution in [0, 0.1) is 5.82 Å². The first-order chi connectivity index (χ1) is 20.4. The summed E-state index contributed by atoms with van der Waals surface area (Å²) in [5.41, 5.74) is -3.58. The summed E-state index contributed by atoms with van der Waals surface area (Å²) < 4.78 is 65.2. The zero-order chi connectivity index (χ0) is 31.0. The number of ether oxygens (including phenoxy) is 3. The van der Waals surface area contributed by atoms with Crippen molar-refractivity contribution in [1.82, 2.24) is 5.32 Å². The number of hydrogen-bond donors (Lipinski definition) is 1. The predicted molar refractivity (Wildman–Crippen MR) is 164 cm³/mol. The van der Waals surface area contributed by atoms with Gasteiger partial charge >= 0.3 is 5.92 Å². The lowest BCUT2D eigenvalue weighted by Gasteiger charge is -2.49. The highest BCUT2D eigenvalue weighted by molar-refractivity contribution is 9.10. The van der Waals surface area contributed by atoms with Gasteiger partial charge in [-0.15, -0.1) is 0 Å². The van der Waals surface area contributed by atoms with Gasteiger partial charge in [-0.05, 0) is 79.9 Å². The summed E-state index contributed by atoms with van der Waals surface area (Å²) >= 11 is 3.30. The molecule has 5 rings (SSSR count). The fraction of sp³-hybridized carbons (Fsp3) is 0.265. The van der Waals surface area contributed by atoms with Crippen molar-refractivity contribution < 1.29 is 27.4 Å². The van der Waals surface area contributed by atoms with Crippen LogP contribution in [0.5, 0.6) is 11.5 Å². The number of benzene rings is 4. The molecule has 0 saturated carbocycles. The van der Waals surface area contributed by atoms with E-state index in [2.05, 4.69) is 26.2 Å². The third-order valence-electron chi connectivity index (χ3n) is 8.04. The van der Waals surface area contributed by atoms with Gasteiger partial charge in [0.15, 0.2) is 11.1 Å². The highest BCUT2D eigenvalue weighted by atomic mass is 79.9. The number of aliphatic imine (C=N–C) groups is 1. The number of halogens is 4. The molecule has 1 heterocycles. The van der Waals surface area contributed by atoms with Crippen LogP contribution in [0.25, 0.3) is 0 Å². The van der Waals surface area contributed by atoms with Crippen molar-refractivity contribution in [2.45, 2.75) is 43.4 Å². The first-order valence-electron chi connectivity index (χ1n) is 13.6. The van der Waals surface area contributed by atoms with Crippen molar-refractivity contribution in [3.63, 3.8) is 0 Å². The van der Waals surface area contributed by atoms with E-state index in [0.717, 1.165) is 22.8 Å². The van der Waals surface area contributed by atoms with Gasteiger partial charge in [0.2, 0.25) is 0 Å². The number of alkyl halides is 2. The first-order valence-corrected chi connectivity index (χ1v) is 14.4. The maximum absolute atomic E-state index is 16.3. The summed E-state index contributed by atoms with van der Waals surface area (Å²) in [6.07, 6.45) is 0. The van der Waals surface area contributed by atoms with Gasteiger partial charge in [0, 0.05) is 10.0 Å². The zero-order valence-electron chi connectivity index (χ0n) is 24.4. The number of nitrogens with zero attached hydrogens (tertiary/aromatic N) is 1. The minimum absolute atomic E-state index is 0.173. The number of methoxy groups -OCH3 is 2. The maximum Gasteiger partial charge on any atom is 0.315 e. The normalized spacial score (nSPS) is 19.1. The number of nitrogens with one attached hydrogen (secondary N) is 1. The van der Waals surface area contributed by atoms with Gasteiger partial charge in [0.05, 0.1) is 14.2 Å². The molecular formula is C34H32BrF3N2O3. The quantitative estimate of drug-likeness (QED) is 0.205. The SMILES string of the molecule is COc1ccc(C(NC2=NC(C)(c3cc(Br)ccc3F)C(F)(F)C(C)(C)O2)(c2ccccc2)c2ccc(OC)cc2)cc1. The molecule has 5 nitrogen and oxygen atoms in total. The van der Waals surface area contributed by atoms with E-state index in [1.807, 2.05) is 78.9 Å². The van der Waals surface area contributed by atoms with Gasteiger partial charge in [0.1, 0.15) is 22.9 Å². The largest absolute Gasteiger partial charge is 0.497 e. The van der Waals surface area contributed by atoms with E-state index < -0.39 is 28.4 Å². The van der Waals surface area contributed by atoms with E-state index in [-0.39, 0.29) is 11.6 Å². The summed E-state index contributed by atoms with van der Waals surface area (Å²) in [6, 6.07) is 28.1. The lowest BCUT2D eigenvalue weighted by atomic mass is 9.76. The van der Waals surface area contributed by atoms with E-state index in [4.69, 9.17) is 14.2 Å². The molecule has 0 bridgehead atoms. The molecule has 0 spiro atoms. The first kappa shape index (κ1) is 30.5. The third-order valence-corrected chi connectivity index (χ3v) is 8.54. The molecule has 4 aromatic carbocycles. The lowest BCUT2D eigenvalue weighted by Crippen LogP contribution is -2.64. The van der Waals surface area contributed by atoms with Crippen molar-refractivity contribution in [3.05, 3.63) is 130 Å². The van der Waals surface area contributed by atoms with Gasteiger partial charge in [-0.3, -0.25) is 0 Å². The molecule has 0 saturated heterocycles. The smallest absolute Gasteiger partial charge is 0.315 e. The molecule has 0 radical (unpaired) electrons. The molecule has 1 N–H and O–H groups in total. The summed E-state index contributed by atoms with van der Waals surface area (Å²) in [5, 5.41) is 3.42. The van der Waals surface area contributed by atoms with E-state index in [0.29, 0.717) is 16.0 Å². The summed E-state index contributed by atoms with van der Waals surface area (Å²) in [7, 11) is 3.16. The Morgan fingerprint density at radius 1 is 0.767 bits per heavy atom. The van der Waals surface area contributed by atoms with Crippen molar-refractivity contribution in [1.29, 1.82) is 0 Å². The molecule has 0 aliphatic carbocycles. The molecule has 9 heteroatoms. The number of amidine groups is 1. The van der Waals surface area contributed by atoms with E-state index in [1.165, 1.54) is 32.9 Å².